The summed E-state index contributed by atoms with van der Waals surface area (Å²) in [5.41, 5.74) is 6.35. The molecule has 11 heavy (non-hydrogen) atoms. The number of rotatable bonds is 0. The minimum Gasteiger partial charge on any atom is -0.382 e. The van der Waals surface area contributed by atoms with Gasteiger partial charge in [0, 0.05) is 7.05 Å². The largest absolute Gasteiger partial charge is 0.382 e. The number of nitrogens with zero attached hydrogens (tertiary/aromatic N) is 4. The highest BCUT2D eigenvalue weighted by atomic mass is 127. The zero-order chi connectivity index (χ0) is 7.84. The highest BCUT2D eigenvalue weighted by molar-refractivity contribution is 14.2. The molecule has 1 aromatic heterocycles. The van der Waals surface area contributed by atoms with Crippen LogP contribution in [0.4, 0.5) is 17.3 Å². The molecule has 1 aliphatic rings. The molecule has 6 heteroatoms. The summed E-state index contributed by atoms with van der Waals surface area (Å²) in [6, 6.07) is 0. The highest BCUT2D eigenvalue weighted by Crippen LogP contribution is 2.41. The van der Waals surface area contributed by atoms with E-state index in [-0.39, 0.29) is 21.3 Å². The fourth-order valence-electron chi connectivity index (χ4n) is 0.819. The molecule has 5 nitrogen and oxygen atoms in total. The van der Waals surface area contributed by atoms with Gasteiger partial charge in [-0.3, -0.25) is 3.11 Å². The van der Waals surface area contributed by atoms with E-state index >= 15 is 0 Å². The first-order valence-corrected chi connectivity index (χ1v) is 4.91. The Kier molecular flexibility index (Phi) is 1.48. The lowest BCUT2D eigenvalue weighted by Crippen LogP contribution is -2.02. The minimum absolute atomic E-state index is 0.291. The summed E-state index contributed by atoms with van der Waals surface area (Å²) in [7, 11) is 1.97. The average Bonchev–Trinajstić information content (AvgIpc) is 2.35. The monoisotopic (exact) mass is 263 g/mol. The first kappa shape index (κ1) is 6.89. The highest BCUT2D eigenvalue weighted by Gasteiger charge is 2.16. The van der Waals surface area contributed by atoms with Crippen molar-refractivity contribution in [3.05, 3.63) is 6.33 Å². The third-order valence-electron chi connectivity index (χ3n) is 1.36. The third kappa shape index (κ3) is 0.971. The molecule has 2 N–H and O–H groups in total. The first-order chi connectivity index (χ1) is 5.29. The van der Waals surface area contributed by atoms with E-state index in [1.807, 2.05) is 10.2 Å². The molecule has 2 rings (SSSR count). The topological polar surface area (TPSA) is 67.4 Å². The standard InChI is InChI=1S/C5H6IN5/c1-11-5-3(10-6-11)4(7)8-2-9-5/h2H,1H3,(H2,7,8,9). The minimum atomic E-state index is -0.291. The summed E-state index contributed by atoms with van der Waals surface area (Å²) < 4.78 is 6.30. The van der Waals surface area contributed by atoms with Gasteiger partial charge in [0.2, 0.25) is 0 Å². The van der Waals surface area contributed by atoms with Gasteiger partial charge in [-0.2, -0.15) is 3.15 Å². The van der Waals surface area contributed by atoms with E-state index in [9.17, 15) is 0 Å². The second-order valence-corrected chi connectivity index (χ2v) is 4.43. The van der Waals surface area contributed by atoms with Gasteiger partial charge in [0.15, 0.2) is 17.3 Å². The summed E-state index contributed by atoms with van der Waals surface area (Å²) in [6.07, 6.45) is 1.47. The SMILES string of the molecule is CN1I=Nc2c(N)ncnc21. The molecule has 0 fully saturated rings. The van der Waals surface area contributed by atoms with Crippen LogP contribution in [0.1, 0.15) is 0 Å². The van der Waals surface area contributed by atoms with Gasteiger partial charge in [0.25, 0.3) is 0 Å². The predicted molar refractivity (Wildman–Crippen MR) is 51.0 cm³/mol. The van der Waals surface area contributed by atoms with Crippen molar-refractivity contribution in [2.24, 2.45) is 3.15 Å². The van der Waals surface area contributed by atoms with Gasteiger partial charge >= 0.3 is 0 Å². The van der Waals surface area contributed by atoms with Crippen LogP contribution >= 0.6 is 21.3 Å². The summed E-state index contributed by atoms with van der Waals surface area (Å²) in [6.45, 7) is 0. The lowest BCUT2D eigenvalue weighted by atomic mass is 10.4. The molecule has 1 aliphatic heterocycles. The molecule has 0 radical (unpaired) electrons. The fraction of sp³-hybridized carbons (Fsp3) is 0.200. The molecule has 0 bridgehead atoms. The summed E-state index contributed by atoms with van der Waals surface area (Å²) in [4.78, 5) is 7.92. The molecule has 0 aromatic carbocycles. The molecular weight excluding hydrogens is 257 g/mol. The molecular formula is C5H6IN5. The number of hydrogen-bond donors (Lipinski definition) is 1. The molecule has 0 aliphatic carbocycles. The van der Waals surface area contributed by atoms with Crippen LogP contribution in [0.25, 0.3) is 0 Å². The maximum atomic E-state index is 5.58. The molecule has 58 valence electrons. The number of fused-ring (bicyclic) bond motifs is 1. The maximum Gasteiger partial charge on any atom is 0.169 e. The summed E-state index contributed by atoms with van der Waals surface area (Å²) >= 11 is -0.291. The predicted octanol–water partition coefficient (Wildman–Crippen LogP) is 1.21. The van der Waals surface area contributed by atoms with E-state index < -0.39 is 0 Å². The molecule has 0 saturated carbocycles. The number of nitrogens with two attached hydrogens (primary N) is 1. The van der Waals surface area contributed by atoms with Crippen LogP contribution in [0.5, 0.6) is 0 Å². The second kappa shape index (κ2) is 2.36. The zero-order valence-corrected chi connectivity index (χ0v) is 7.98. The van der Waals surface area contributed by atoms with Crippen molar-refractivity contribution in [1.82, 2.24) is 9.97 Å². The van der Waals surface area contributed by atoms with Crippen LogP contribution in [0, 0.1) is 0 Å². The lowest BCUT2D eigenvalue weighted by Gasteiger charge is -2.04. The van der Waals surface area contributed by atoms with Crippen LogP contribution in [0.2, 0.25) is 0 Å². The Morgan fingerprint density at radius 3 is 3.09 bits per heavy atom. The Labute approximate surface area is 74.1 Å². The van der Waals surface area contributed by atoms with E-state index in [0.717, 1.165) is 11.5 Å². The van der Waals surface area contributed by atoms with Gasteiger partial charge < -0.3 is 5.73 Å². The number of halogens is 1. The molecule has 0 unspecified atom stereocenters. The van der Waals surface area contributed by atoms with Crippen LogP contribution in [0.3, 0.4) is 0 Å². The van der Waals surface area contributed by atoms with Crippen molar-refractivity contribution < 1.29 is 0 Å². The Hall–Kier alpha value is -0.790. The number of aromatic nitrogens is 2. The van der Waals surface area contributed by atoms with Crippen molar-refractivity contribution in [3.8, 4) is 0 Å². The number of anilines is 2. The molecule has 1 aromatic rings. The van der Waals surface area contributed by atoms with Crippen molar-refractivity contribution in [3.63, 3.8) is 0 Å². The van der Waals surface area contributed by atoms with Gasteiger partial charge in [-0.05, 0) is 0 Å². The number of nitrogen functional groups attached to an aromatic ring is 1. The smallest absolute Gasteiger partial charge is 0.169 e. The van der Waals surface area contributed by atoms with Crippen LogP contribution in [0.15, 0.2) is 9.47 Å². The van der Waals surface area contributed by atoms with Crippen molar-refractivity contribution in [2.75, 3.05) is 15.9 Å². The van der Waals surface area contributed by atoms with E-state index in [1.54, 1.807) is 0 Å². The second-order valence-electron chi connectivity index (χ2n) is 2.07. The van der Waals surface area contributed by atoms with Crippen LogP contribution in [-0.2, 0) is 0 Å². The van der Waals surface area contributed by atoms with Crippen molar-refractivity contribution >= 4 is 38.6 Å². The molecule has 0 saturated heterocycles. The van der Waals surface area contributed by atoms with E-state index in [4.69, 9.17) is 5.73 Å². The molecule has 2 heterocycles. The van der Waals surface area contributed by atoms with Crippen LogP contribution in [-0.4, -0.2) is 17.0 Å². The Morgan fingerprint density at radius 1 is 1.55 bits per heavy atom. The zero-order valence-electron chi connectivity index (χ0n) is 5.82. The van der Waals surface area contributed by atoms with Gasteiger partial charge in [-0.15, -0.1) is 0 Å². The van der Waals surface area contributed by atoms with E-state index in [1.165, 1.54) is 6.33 Å². The van der Waals surface area contributed by atoms with Crippen molar-refractivity contribution in [2.45, 2.75) is 0 Å². The number of hydrogen-bond acceptors (Lipinski definition) is 5. The molecule has 0 atom stereocenters. The normalized spacial score (nSPS) is 14.5. The Bertz CT molecular complexity index is 323. The molecule has 0 spiro atoms. The van der Waals surface area contributed by atoms with Gasteiger partial charge in [0.1, 0.15) is 27.6 Å². The quantitative estimate of drug-likeness (QED) is 0.564. The van der Waals surface area contributed by atoms with Crippen molar-refractivity contribution in [1.29, 1.82) is 0 Å². The van der Waals surface area contributed by atoms with Gasteiger partial charge in [-0.1, -0.05) is 0 Å². The van der Waals surface area contributed by atoms with E-state index in [2.05, 4.69) is 13.1 Å². The fourth-order valence-corrected chi connectivity index (χ4v) is 2.38. The molecule has 0 amide bonds. The van der Waals surface area contributed by atoms with Crippen LogP contribution < -0.4 is 8.85 Å². The Morgan fingerprint density at radius 2 is 2.36 bits per heavy atom. The summed E-state index contributed by atoms with van der Waals surface area (Å²) in [5, 5.41) is 0. The average molecular weight is 263 g/mol. The maximum absolute atomic E-state index is 5.58. The summed E-state index contributed by atoms with van der Waals surface area (Å²) in [5.74, 6) is 1.35. The van der Waals surface area contributed by atoms with Gasteiger partial charge in [0.05, 0.1) is 0 Å². The Balaban J connectivity index is 2.65. The third-order valence-corrected chi connectivity index (χ3v) is 3.16. The van der Waals surface area contributed by atoms with Gasteiger partial charge in [-0.25, -0.2) is 9.97 Å². The van der Waals surface area contributed by atoms with E-state index in [0.29, 0.717) is 5.82 Å². The lowest BCUT2D eigenvalue weighted by molar-refractivity contribution is 1.15. The first-order valence-electron chi connectivity index (χ1n) is 2.98.